The van der Waals surface area contributed by atoms with E-state index in [0.717, 1.165) is 17.9 Å². The molecular weight excluding hydrogens is 274 g/mol. The molecule has 0 amide bonds. The van der Waals surface area contributed by atoms with Crippen molar-refractivity contribution >= 4 is 15.9 Å². The number of alkyl halides is 1. The van der Waals surface area contributed by atoms with Crippen molar-refractivity contribution in [3.8, 4) is 0 Å². The van der Waals surface area contributed by atoms with Crippen LogP contribution in [0.4, 0.5) is 0 Å². The van der Waals surface area contributed by atoms with E-state index in [1.54, 1.807) is 0 Å². The summed E-state index contributed by atoms with van der Waals surface area (Å²) < 4.78 is 0. The van der Waals surface area contributed by atoms with Crippen LogP contribution in [0.5, 0.6) is 0 Å². The van der Waals surface area contributed by atoms with E-state index in [0.29, 0.717) is 0 Å². The van der Waals surface area contributed by atoms with Crippen LogP contribution in [0.1, 0.15) is 38.8 Å². The summed E-state index contributed by atoms with van der Waals surface area (Å²) in [6, 6.07) is 9.08. The lowest BCUT2D eigenvalue weighted by Crippen LogP contribution is -2.32. The summed E-state index contributed by atoms with van der Waals surface area (Å²) in [7, 11) is 0. The van der Waals surface area contributed by atoms with Crippen LogP contribution in [0.3, 0.4) is 0 Å². The van der Waals surface area contributed by atoms with Gasteiger partial charge < -0.3 is 5.32 Å². The van der Waals surface area contributed by atoms with E-state index in [4.69, 9.17) is 0 Å². The molecule has 0 aliphatic rings. The summed E-state index contributed by atoms with van der Waals surface area (Å²) in [5, 5.41) is 3.35. The van der Waals surface area contributed by atoms with Gasteiger partial charge in [-0.25, -0.2) is 0 Å². The number of hydrogen-bond acceptors (Lipinski definition) is 1. The Bertz CT molecular complexity index is 327. The molecule has 1 N–H and O–H groups in total. The molecule has 0 atom stereocenters. The average Bonchev–Trinajstić information content (AvgIpc) is 2.26. The first kappa shape index (κ1) is 14.7. The van der Waals surface area contributed by atoms with Gasteiger partial charge in [0.25, 0.3) is 0 Å². The molecule has 0 aliphatic heterocycles. The Morgan fingerprint density at radius 2 is 1.76 bits per heavy atom. The summed E-state index contributed by atoms with van der Waals surface area (Å²) in [6.07, 6.45) is 1.17. The van der Waals surface area contributed by atoms with Crippen LogP contribution in [-0.2, 0) is 11.8 Å². The van der Waals surface area contributed by atoms with E-state index in [1.165, 1.54) is 17.5 Å². The molecule has 1 rings (SSSR count). The standard InChI is InChI=1S/C15H24BrN/c1-12(2)9-13-5-7-14(8-6-13)15(3,4)10-17-11-16/h5-8,12,17H,9-11H2,1-4H3. The van der Waals surface area contributed by atoms with Crippen LogP contribution < -0.4 is 5.32 Å². The number of benzene rings is 1. The third-order valence-electron chi connectivity index (χ3n) is 3.04. The molecule has 1 nitrogen and oxygen atoms in total. The summed E-state index contributed by atoms with van der Waals surface area (Å²) >= 11 is 3.40. The van der Waals surface area contributed by atoms with Crippen LogP contribution in [0.2, 0.25) is 0 Å². The first-order valence-corrected chi connectivity index (χ1v) is 7.44. The lowest BCUT2D eigenvalue weighted by molar-refractivity contribution is 0.491. The smallest absolute Gasteiger partial charge is 0.0517 e. The van der Waals surface area contributed by atoms with Gasteiger partial charge in [0.05, 0.1) is 5.45 Å². The molecule has 0 unspecified atom stereocenters. The molecule has 1 aromatic rings. The van der Waals surface area contributed by atoms with Gasteiger partial charge in [0.2, 0.25) is 0 Å². The zero-order valence-corrected chi connectivity index (χ0v) is 13.0. The summed E-state index contributed by atoms with van der Waals surface area (Å²) in [5.41, 5.74) is 3.87. The molecule has 1 aromatic carbocycles. The highest BCUT2D eigenvalue weighted by Crippen LogP contribution is 2.23. The SMILES string of the molecule is CC(C)Cc1ccc(C(C)(C)CNCBr)cc1. The second-order valence-electron chi connectivity index (χ2n) is 5.74. The van der Waals surface area contributed by atoms with Crippen LogP contribution >= 0.6 is 15.9 Å². The van der Waals surface area contributed by atoms with Gasteiger partial charge in [-0.3, -0.25) is 0 Å². The number of rotatable bonds is 6. The quantitative estimate of drug-likeness (QED) is 0.616. The molecular formula is C15H24BrN. The highest BCUT2D eigenvalue weighted by Gasteiger charge is 2.19. The first-order chi connectivity index (χ1) is 7.95. The van der Waals surface area contributed by atoms with E-state index in [2.05, 4.69) is 73.2 Å². The van der Waals surface area contributed by atoms with Crippen molar-refractivity contribution in [2.45, 2.75) is 39.5 Å². The Morgan fingerprint density at radius 3 is 2.24 bits per heavy atom. The van der Waals surface area contributed by atoms with Gasteiger partial charge in [0.15, 0.2) is 0 Å². The Balaban J connectivity index is 2.72. The Morgan fingerprint density at radius 1 is 1.18 bits per heavy atom. The van der Waals surface area contributed by atoms with Gasteiger partial charge in [-0.1, -0.05) is 67.9 Å². The summed E-state index contributed by atoms with van der Waals surface area (Å²) in [5.74, 6) is 0.726. The topological polar surface area (TPSA) is 12.0 Å². The van der Waals surface area contributed by atoms with Gasteiger partial charge in [-0.05, 0) is 23.5 Å². The number of halogens is 1. The lowest BCUT2D eigenvalue weighted by Gasteiger charge is -2.25. The normalized spacial score (nSPS) is 12.1. The molecule has 0 spiro atoms. The molecule has 0 aromatic heterocycles. The van der Waals surface area contributed by atoms with Crippen molar-refractivity contribution in [3.63, 3.8) is 0 Å². The van der Waals surface area contributed by atoms with Crippen molar-refractivity contribution in [1.82, 2.24) is 5.32 Å². The third kappa shape index (κ3) is 4.81. The van der Waals surface area contributed by atoms with Crippen molar-refractivity contribution in [2.75, 3.05) is 12.0 Å². The molecule has 0 aliphatic carbocycles. The molecule has 96 valence electrons. The van der Waals surface area contributed by atoms with Crippen molar-refractivity contribution in [1.29, 1.82) is 0 Å². The van der Waals surface area contributed by atoms with Gasteiger partial charge in [0.1, 0.15) is 0 Å². The van der Waals surface area contributed by atoms with E-state index in [1.807, 2.05) is 0 Å². The molecule has 2 heteroatoms. The molecule has 0 bridgehead atoms. The minimum absolute atomic E-state index is 0.185. The van der Waals surface area contributed by atoms with Gasteiger partial charge >= 0.3 is 0 Å². The van der Waals surface area contributed by atoms with Gasteiger partial charge in [0, 0.05) is 12.0 Å². The molecule has 17 heavy (non-hydrogen) atoms. The molecule has 0 fully saturated rings. The predicted molar refractivity (Wildman–Crippen MR) is 79.8 cm³/mol. The Hall–Kier alpha value is -0.340. The minimum Gasteiger partial charge on any atom is -0.306 e. The Labute approximate surface area is 114 Å². The molecule has 0 saturated heterocycles. The van der Waals surface area contributed by atoms with Crippen LogP contribution in [0.25, 0.3) is 0 Å². The van der Waals surface area contributed by atoms with E-state index < -0.39 is 0 Å². The van der Waals surface area contributed by atoms with Crippen molar-refractivity contribution in [2.24, 2.45) is 5.92 Å². The average molecular weight is 298 g/mol. The second kappa shape index (κ2) is 6.55. The van der Waals surface area contributed by atoms with Crippen LogP contribution in [0, 0.1) is 5.92 Å². The zero-order valence-electron chi connectivity index (χ0n) is 11.4. The van der Waals surface area contributed by atoms with E-state index >= 15 is 0 Å². The molecule has 0 heterocycles. The second-order valence-corrected chi connectivity index (χ2v) is 6.30. The van der Waals surface area contributed by atoms with E-state index in [9.17, 15) is 0 Å². The lowest BCUT2D eigenvalue weighted by atomic mass is 9.84. The number of nitrogens with one attached hydrogen (secondary N) is 1. The van der Waals surface area contributed by atoms with Crippen molar-refractivity contribution in [3.05, 3.63) is 35.4 Å². The first-order valence-electron chi connectivity index (χ1n) is 6.32. The third-order valence-corrected chi connectivity index (χ3v) is 3.44. The monoisotopic (exact) mass is 297 g/mol. The zero-order chi connectivity index (χ0) is 12.9. The van der Waals surface area contributed by atoms with Gasteiger partial charge in [-0.2, -0.15) is 0 Å². The maximum absolute atomic E-state index is 3.40. The van der Waals surface area contributed by atoms with Gasteiger partial charge in [-0.15, -0.1) is 0 Å². The fraction of sp³-hybridized carbons (Fsp3) is 0.600. The maximum Gasteiger partial charge on any atom is 0.0517 e. The van der Waals surface area contributed by atoms with Crippen molar-refractivity contribution < 1.29 is 0 Å². The highest BCUT2D eigenvalue weighted by atomic mass is 79.9. The fourth-order valence-corrected chi connectivity index (χ4v) is 2.22. The summed E-state index contributed by atoms with van der Waals surface area (Å²) in [4.78, 5) is 0. The number of hydrogen-bond donors (Lipinski definition) is 1. The Kier molecular flexibility index (Phi) is 5.68. The predicted octanol–water partition coefficient (Wildman–Crippen LogP) is 4.10. The van der Waals surface area contributed by atoms with E-state index in [-0.39, 0.29) is 5.41 Å². The maximum atomic E-state index is 3.40. The largest absolute Gasteiger partial charge is 0.306 e. The fourth-order valence-electron chi connectivity index (χ4n) is 2.03. The minimum atomic E-state index is 0.185. The van der Waals surface area contributed by atoms with Crippen LogP contribution in [-0.4, -0.2) is 12.0 Å². The van der Waals surface area contributed by atoms with Crippen LogP contribution in [0.15, 0.2) is 24.3 Å². The molecule has 0 saturated carbocycles. The summed E-state index contributed by atoms with van der Waals surface area (Å²) in [6.45, 7) is 10.1. The highest BCUT2D eigenvalue weighted by molar-refractivity contribution is 9.09. The molecule has 0 radical (unpaired) electrons.